The van der Waals surface area contributed by atoms with Crippen molar-refractivity contribution >= 4 is 40.2 Å². The molecule has 5 nitrogen and oxygen atoms in total. The maximum Gasteiger partial charge on any atom is 0.254 e. The Morgan fingerprint density at radius 3 is 2.52 bits per heavy atom. The van der Waals surface area contributed by atoms with E-state index in [-0.39, 0.29) is 17.4 Å². The first-order chi connectivity index (χ1) is 12.9. The molecule has 1 aromatic heterocycles. The second kappa shape index (κ2) is 5.96. The summed E-state index contributed by atoms with van der Waals surface area (Å²) < 4.78 is 5.84. The summed E-state index contributed by atoms with van der Waals surface area (Å²) in [5, 5.41) is 10.5. The Kier molecular flexibility index (Phi) is 3.76. The summed E-state index contributed by atoms with van der Waals surface area (Å²) in [5.74, 6) is 0.387. The number of aromatic nitrogens is 1. The maximum absolute atomic E-state index is 12.7. The number of hydrogen-bond acceptors (Lipinski definition) is 4. The molecule has 5 rings (SSSR count). The van der Waals surface area contributed by atoms with E-state index in [4.69, 9.17) is 27.6 Å². The summed E-state index contributed by atoms with van der Waals surface area (Å²) in [4.78, 5) is 19.0. The zero-order valence-electron chi connectivity index (χ0n) is 14.3. The molecule has 1 spiro atoms. The van der Waals surface area contributed by atoms with Gasteiger partial charge in [0, 0.05) is 39.7 Å². The quantitative estimate of drug-likeness (QED) is 0.689. The van der Waals surface area contributed by atoms with E-state index in [2.05, 4.69) is 4.98 Å². The van der Waals surface area contributed by atoms with E-state index in [1.807, 2.05) is 4.90 Å². The van der Waals surface area contributed by atoms with Crippen LogP contribution in [-0.4, -0.2) is 40.1 Å². The van der Waals surface area contributed by atoms with E-state index in [9.17, 15) is 9.90 Å². The van der Waals surface area contributed by atoms with Crippen molar-refractivity contribution in [2.75, 3.05) is 13.1 Å². The monoisotopic (exact) mass is 402 g/mol. The molecule has 0 bridgehead atoms. The molecular formula is C20H16Cl2N2O3. The molecule has 2 heterocycles. The minimum absolute atomic E-state index is 0.0207. The lowest BCUT2D eigenvalue weighted by Crippen LogP contribution is -2.64. The first-order valence-corrected chi connectivity index (χ1v) is 9.51. The van der Waals surface area contributed by atoms with Gasteiger partial charge in [-0.15, -0.1) is 0 Å². The fourth-order valence-electron chi connectivity index (χ4n) is 4.15. The Morgan fingerprint density at radius 2 is 1.85 bits per heavy atom. The Morgan fingerprint density at radius 1 is 1.15 bits per heavy atom. The van der Waals surface area contributed by atoms with Crippen LogP contribution < -0.4 is 0 Å². The van der Waals surface area contributed by atoms with E-state index in [0.29, 0.717) is 51.3 Å². The average molecular weight is 403 g/mol. The standard InChI is InChI=1S/C20H16Cl2N2O3/c21-13-3-12(4-14(22)6-13)18-23-16-2-1-11(5-17(16)27-18)19(26)24-9-20(10-24)7-15(25)8-20/h1-6,15,25H,7-10H2. The van der Waals surface area contributed by atoms with Crippen LogP contribution in [0.25, 0.3) is 22.6 Å². The van der Waals surface area contributed by atoms with Crippen molar-refractivity contribution in [1.82, 2.24) is 9.88 Å². The Labute approximate surface area is 165 Å². The highest BCUT2D eigenvalue weighted by atomic mass is 35.5. The van der Waals surface area contributed by atoms with Crippen molar-refractivity contribution in [2.45, 2.75) is 18.9 Å². The van der Waals surface area contributed by atoms with Gasteiger partial charge in [-0.1, -0.05) is 23.2 Å². The van der Waals surface area contributed by atoms with Gasteiger partial charge < -0.3 is 14.4 Å². The third-order valence-corrected chi connectivity index (χ3v) is 5.86. The topological polar surface area (TPSA) is 66.6 Å². The second-order valence-electron chi connectivity index (χ2n) is 7.58. The van der Waals surface area contributed by atoms with Gasteiger partial charge in [-0.2, -0.15) is 0 Å². The molecule has 27 heavy (non-hydrogen) atoms. The molecule has 0 unspecified atom stereocenters. The van der Waals surface area contributed by atoms with Crippen LogP contribution in [0, 0.1) is 5.41 Å². The van der Waals surface area contributed by atoms with Gasteiger partial charge in [0.15, 0.2) is 5.58 Å². The lowest BCUT2D eigenvalue weighted by Gasteiger charge is -2.57. The molecule has 1 saturated heterocycles. The number of benzene rings is 2. The number of halogens is 2. The summed E-state index contributed by atoms with van der Waals surface area (Å²) in [6, 6.07) is 10.4. The highest BCUT2D eigenvalue weighted by Gasteiger charge is 2.53. The first kappa shape index (κ1) is 17.0. The van der Waals surface area contributed by atoms with Gasteiger partial charge in [0.05, 0.1) is 6.10 Å². The molecule has 0 radical (unpaired) electrons. The number of carbonyl (C=O) groups is 1. The van der Waals surface area contributed by atoms with Gasteiger partial charge >= 0.3 is 0 Å². The average Bonchev–Trinajstić information content (AvgIpc) is 2.98. The second-order valence-corrected chi connectivity index (χ2v) is 8.46. The van der Waals surface area contributed by atoms with Crippen LogP contribution in [0.4, 0.5) is 0 Å². The molecular weight excluding hydrogens is 387 g/mol. The Hall–Kier alpha value is -2.08. The molecule has 1 N–H and O–H groups in total. The number of fused-ring (bicyclic) bond motifs is 1. The van der Waals surface area contributed by atoms with Crippen LogP contribution >= 0.6 is 23.2 Å². The summed E-state index contributed by atoms with van der Waals surface area (Å²) in [6.07, 6.45) is 1.39. The predicted octanol–water partition coefficient (Wildman–Crippen LogP) is 4.40. The van der Waals surface area contributed by atoms with Crippen LogP contribution in [-0.2, 0) is 0 Å². The summed E-state index contributed by atoms with van der Waals surface area (Å²) in [5.41, 5.74) is 2.61. The molecule has 2 aliphatic rings. The van der Waals surface area contributed by atoms with Crippen LogP contribution in [0.2, 0.25) is 10.0 Å². The van der Waals surface area contributed by atoms with Crippen LogP contribution in [0.5, 0.6) is 0 Å². The summed E-state index contributed by atoms with van der Waals surface area (Å²) in [6.45, 7) is 1.42. The smallest absolute Gasteiger partial charge is 0.254 e. The van der Waals surface area contributed by atoms with Gasteiger partial charge in [-0.25, -0.2) is 4.98 Å². The lowest BCUT2D eigenvalue weighted by atomic mass is 9.62. The van der Waals surface area contributed by atoms with E-state index in [1.165, 1.54) is 0 Å². The van der Waals surface area contributed by atoms with Crippen molar-refractivity contribution in [1.29, 1.82) is 0 Å². The summed E-state index contributed by atoms with van der Waals surface area (Å²) >= 11 is 12.1. The lowest BCUT2D eigenvalue weighted by molar-refractivity contribution is -0.113. The van der Waals surface area contributed by atoms with Gasteiger partial charge in [-0.3, -0.25) is 4.79 Å². The molecule has 3 aromatic rings. The fourth-order valence-corrected chi connectivity index (χ4v) is 4.67. The Bertz CT molecular complexity index is 1040. The maximum atomic E-state index is 12.7. The highest BCUT2D eigenvalue weighted by Crippen LogP contribution is 2.48. The molecule has 7 heteroatoms. The van der Waals surface area contributed by atoms with Crippen LogP contribution in [0.3, 0.4) is 0 Å². The molecule has 2 aromatic carbocycles. The van der Waals surface area contributed by atoms with E-state index in [1.54, 1.807) is 36.4 Å². The normalized spacial score (nSPS) is 18.6. The van der Waals surface area contributed by atoms with E-state index in [0.717, 1.165) is 12.8 Å². The third kappa shape index (κ3) is 2.90. The van der Waals surface area contributed by atoms with Crippen molar-refractivity contribution in [2.24, 2.45) is 5.41 Å². The molecule has 1 amide bonds. The SMILES string of the molecule is O=C(c1ccc2nc(-c3cc(Cl)cc(Cl)c3)oc2c1)N1CC2(CC(O)C2)C1. The number of nitrogens with zero attached hydrogens (tertiary/aromatic N) is 2. The van der Waals surface area contributed by atoms with Gasteiger partial charge in [0.1, 0.15) is 5.52 Å². The predicted molar refractivity (Wildman–Crippen MR) is 103 cm³/mol. The van der Waals surface area contributed by atoms with E-state index < -0.39 is 0 Å². The zero-order chi connectivity index (χ0) is 18.8. The van der Waals surface area contributed by atoms with Crippen molar-refractivity contribution in [3.63, 3.8) is 0 Å². The third-order valence-electron chi connectivity index (χ3n) is 5.42. The molecule has 1 aliphatic heterocycles. The first-order valence-electron chi connectivity index (χ1n) is 8.75. The number of amides is 1. The largest absolute Gasteiger partial charge is 0.436 e. The molecule has 1 saturated carbocycles. The van der Waals surface area contributed by atoms with E-state index >= 15 is 0 Å². The fraction of sp³-hybridized carbons (Fsp3) is 0.300. The number of aliphatic hydroxyl groups excluding tert-OH is 1. The number of hydrogen-bond donors (Lipinski definition) is 1. The number of oxazole rings is 1. The van der Waals surface area contributed by atoms with Gasteiger partial charge in [0.25, 0.3) is 5.91 Å². The number of rotatable bonds is 2. The van der Waals surface area contributed by atoms with Crippen molar-refractivity contribution < 1.29 is 14.3 Å². The Balaban J connectivity index is 1.40. The minimum Gasteiger partial charge on any atom is -0.436 e. The van der Waals surface area contributed by atoms with Crippen molar-refractivity contribution in [3.8, 4) is 11.5 Å². The molecule has 1 aliphatic carbocycles. The molecule has 138 valence electrons. The van der Waals surface area contributed by atoms with Crippen LogP contribution in [0.1, 0.15) is 23.2 Å². The number of carbonyl (C=O) groups excluding carboxylic acids is 1. The van der Waals surface area contributed by atoms with Gasteiger partial charge in [-0.05, 0) is 49.2 Å². The molecule has 2 fully saturated rings. The number of likely N-dealkylation sites (tertiary alicyclic amines) is 1. The molecule has 0 atom stereocenters. The minimum atomic E-state index is -0.203. The number of aliphatic hydroxyl groups is 1. The zero-order valence-corrected chi connectivity index (χ0v) is 15.8. The van der Waals surface area contributed by atoms with Crippen LogP contribution in [0.15, 0.2) is 40.8 Å². The van der Waals surface area contributed by atoms with Crippen molar-refractivity contribution in [3.05, 3.63) is 52.0 Å². The highest BCUT2D eigenvalue weighted by molar-refractivity contribution is 6.35. The summed E-state index contributed by atoms with van der Waals surface area (Å²) in [7, 11) is 0. The van der Waals surface area contributed by atoms with Gasteiger partial charge in [0.2, 0.25) is 5.89 Å².